The van der Waals surface area contributed by atoms with Crippen LogP contribution in [0.4, 0.5) is 0 Å². The summed E-state index contributed by atoms with van der Waals surface area (Å²) in [5.74, 6) is 1.38. The molecule has 0 radical (unpaired) electrons. The Kier molecular flexibility index (Phi) is 3.86. The SMILES string of the molecule is CC1CC(C)CN(S(=O)(=O)N2CC3CCC(O)C3C2)C1. The minimum Gasteiger partial charge on any atom is -0.393 e. The lowest BCUT2D eigenvalue weighted by atomic mass is 9.94. The van der Waals surface area contributed by atoms with Crippen LogP contribution in [-0.2, 0) is 10.2 Å². The van der Waals surface area contributed by atoms with E-state index >= 15 is 0 Å². The van der Waals surface area contributed by atoms with Gasteiger partial charge in [0.25, 0.3) is 10.2 Å². The minimum absolute atomic E-state index is 0.157. The number of piperidine rings is 1. The molecule has 1 aliphatic carbocycles. The zero-order valence-corrected chi connectivity index (χ0v) is 13.2. The van der Waals surface area contributed by atoms with Crippen LogP contribution in [0.3, 0.4) is 0 Å². The number of hydrogen-bond acceptors (Lipinski definition) is 3. The first-order valence-corrected chi connectivity index (χ1v) is 9.21. The number of aliphatic hydroxyl groups excluding tert-OH is 1. The molecule has 5 atom stereocenters. The largest absolute Gasteiger partial charge is 0.393 e. The fourth-order valence-corrected chi connectivity index (χ4v) is 6.29. The maximum Gasteiger partial charge on any atom is 0.282 e. The highest BCUT2D eigenvalue weighted by Crippen LogP contribution is 2.40. The highest BCUT2D eigenvalue weighted by Gasteiger charge is 2.47. The first-order chi connectivity index (χ1) is 9.38. The van der Waals surface area contributed by atoms with Gasteiger partial charge >= 0.3 is 0 Å². The van der Waals surface area contributed by atoms with Crippen LogP contribution in [-0.4, -0.2) is 54.4 Å². The maximum absolute atomic E-state index is 12.8. The van der Waals surface area contributed by atoms with Crippen molar-refractivity contribution in [2.45, 2.75) is 39.2 Å². The third-order valence-corrected chi connectivity index (χ3v) is 7.17. The molecule has 2 saturated heterocycles. The molecule has 3 aliphatic rings. The summed E-state index contributed by atoms with van der Waals surface area (Å²) in [6.45, 7) is 6.64. The van der Waals surface area contributed by atoms with Crippen LogP contribution in [0, 0.1) is 23.7 Å². The van der Waals surface area contributed by atoms with E-state index in [1.807, 2.05) is 0 Å². The Labute approximate surface area is 122 Å². The fraction of sp³-hybridized carbons (Fsp3) is 1.00. The molecule has 0 amide bonds. The lowest BCUT2D eigenvalue weighted by Crippen LogP contribution is -2.49. The molecule has 3 rings (SSSR count). The Bertz CT molecular complexity index is 457. The van der Waals surface area contributed by atoms with Crippen molar-refractivity contribution in [2.75, 3.05) is 26.2 Å². The van der Waals surface area contributed by atoms with Crippen molar-refractivity contribution < 1.29 is 13.5 Å². The van der Waals surface area contributed by atoms with Crippen molar-refractivity contribution in [1.29, 1.82) is 0 Å². The van der Waals surface area contributed by atoms with E-state index in [2.05, 4.69) is 13.8 Å². The number of hydrogen-bond donors (Lipinski definition) is 1. The third-order valence-electron chi connectivity index (χ3n) is 5.27. The van der Waals surface area contributed by atoms with E-state index in [4.69, 9.17) is 0 Å². The molecule has 20 heavy (non-hydrogen) atoms. The quantitative estimate of drug-likeness (QED) is 0.825. The third kappa shape index (κ3) is 2.51. The molecule has 0 spiro atoms. The summed E-state index contributed by atoms with van der Waals surface area (Å²) in [6.07, 6.45) is 2.60. The van der Waals surface area contributed by atoms with Gasteiger partial charge in [-0.1, -0.05) is 13.8 Å². The summed E-state index contributed by atoms with van der Waals surface area (Å²) in [6, 6.07) is 0. The standard InChI is InChI=1S/C14H26N2O3S/c1-10-5-11(2)7-15(6-10)20(18,19)16-8-12-3-4-14(17)13(12)9-16/h10-14,17H,3-9H2,1-2H3. The minimum atomic E-state index is -3.34. The van der Waals surface area contributed by atoms with Crippen LogP contribution >= 0.6 is 0 Å². The zero-order valence-electron chi connectivity index (χ0n) is 12.4. The molecule has 1 saturated carbocycles. The Morgan fingerprint density at radius 2 is 1.55 bits per heavy atom. The van der Waals surface area contributed by atoms with Crippen molar-refractivity contribution in [2.24, 2.45) is 23.7 Å². The van der Waals surface area contributed by atoms with Crippen LogP contribution < -0.4 is 0 Å². The van der Waals surface area contributed by atoms with E-state index in [-0.39, 0.29) is 12.0 Å². The number of nitrogens with zero attached hydrogens (tertiary/aromatic N) is 2. The Morgan fingerprint density at radius 3 is 2.15 bits per heavy atom. The monoisotopic (exact) mass is 302 g/mol. The van der Waals surface area contributed by atoms with Crippen LogP contribution in [0.5, 0.6) is 0 Å². The average molecular weight is 302 g/mol. The number of rotatable bonds is 2. The fourth-order valence-electron chi connectivity index (χ4n) is 4.34. The summed E-state index contributed by atoms with van der Waals surface area (Å²) < 4.78 is 28.9. The Morgan fingerprint density at radius 1 is 0.950 bits per heavy atom. The van der Waals surface area contributed by atoms with Gasteiger partial charge in [-0.2, -0.15) is 17.0 Å². The molecule has 2 aliphatic heterocycles. The van der Waals surface area contributed by atoms with Gasteiger partial charge in [0.2, 0.25) is 0 Å². The van der Waals surface area contributed by atoms with Crippen molar-refractivity contribution >= 4 is 10.2 Å². The Balaban J connectivity index is 1.73. The van der Waals surface area contributed by atoms with Gasteiger partial charge in [0.15, 0.2) is 0 Å². The molecule has 0 aromatic rings. The summed E-state index contributed by atoms with van der Waals surface area (Å²) in [5, 5.41) is 9.94. The Hall–Kier alpha value is -0.170. The summed E-state index contributed by atoms with van der Waals surface area (Å²) >= 11 is 0. The molecular weight excluding hydrogens is 276 g/mol. The van der Waals surface area contributed by atoms with Crippen LogP contribution in [0.25, 0.3) is 0 Å². The smallest absolute Gasteiger partial charge is 0.282 e. The molecule has 116 valence electrons. The number of aliphatic hydroxyl groups is 1. The molecular formula is C14H26N2O3S. The van der Waals surface area contributed by atoms with Gasteiger partial charge in [0, 0.05) is 32.1 Å². The molecule has 0 aromatic carbocycles. The van der Waals surface area contributed by atoms with Gasteiger partial charge in [-0.05, 0) is 37.0 Å². The average Bonchev–Trinajstić information content (AvgIpc) is 2.91. The second kappa shape index (κ2) is 5.23. The molecule has 3 fully saturated rings. The van der Waals surface area contributed by atoms with E-state index < -0.39 is 10.2 Å². The molecule has 1 N–H and O–H groups in total. The van der Waals surface area contributed by atoms with Crippen LogP contribution in [0.2, 0.25) is 0 Å². The van der Waals surface area contributed by atoms with Crippen molar-refractivity contribution in [3.8, 4) is 0 Å². The highest BCUT2D eigenvalue weighted by atomic mass is 32.2. The van der Waals surface area contributed by atoms with E-state index in [0.717, 1.165) is 19.3 Å². The van der Waals surface area contributed by atoms with Crippen LogP contribution in [0.15, 0.2) is 0 Å². The molecule has 0 aromatic heterocycles. The highest BCUT2D eigenvalue weighted by molar-refractivity contribution is 7.86. The first-order valence-electron chi connectivity index (χ1n) is 7.81. The molecule has 5 unspecified atom stereocenters. The second-order valence-electron chi connectivity index (χ2n) is 7.16. The predicted octanol–water partition coefficient (Wildman–Crippen LogP) is 0.912. The molecule has 2 heterocycles. The maximum atomic E-state index is 12.8. The first kappa shape index (κ1) is 14.8. The predicted molar refractivity (Wildman–Crippen MR) is 77.2 cm³/mol. The van der Waals surface area contributed by atoms with Gasteiger partial charge in [-0.25, -0.2) is 0 Å². The van der Waals surface area contributed by atoms with Gasteiger partial charge in [0.1, 0.15) is 0 Å². The summed E-state index contributed by atoms with van der Waals surface area (Å²) in [4.78, 5) is 0. The second-order valence-corrected chi connectivity index (χ2v) is 9.08. The van der Waals surface area contributed by atoms with Crippen molar-refractivity contribution in [3.05, 3.63) is 0 Å². The van der Waals surface area contributed by atoms with Gasteiger partial charge < -0.3 is 5.11 Å². The van der Waals surface area contributed by atoms with Gasteiger partial charge in [0.05, 0.1) is 6.10 Å². The van der Waals surface area contributed by atoms with Gasteiger partial charge in [-0.15, -0.1) is 0 Å². The lowest BCUT2D eigenvalue weighted by molar-refractivity contribution is 0.128. The molecule has 5 nitrogen and oxygen atoms in total. The van der Waals surface area contributed by atoms with Crippen molar-refractivity contribution in [1.82, 2.24) is 8.61 Å². The van der Waals surface area contributed by atoms with Crippen molar-refractivity contribution in [3.63, 3.8) is 0 Å². The van der Waals surface area contributed by atoms with E-state index in [0.29, 0.717) is 43.9 Å². The zero-order chi connectivity index (χ0) is 14.5. The van der Waals surface area contributed by atoms with Gasteiger partial charge in [-0.3, -0.25) is 0 Å². The number of fused-ring (bicyclic) bond motifs is 1. The summed E-state index contributed by atoms with van der Waals surface area (Å²) in [5.41, 5.74) is 0. The van der Waals surface area contributed by atoms with Crippen LogP contribution in [0.1, 0.15) is 33.1 Å². The topological polar surface area (TPSA) is 60.9 Å². The van der Waals surface area contributed by atoms with E-state index in [9.17, 15) is 13.5 Å². The lowest BCUT2D eigenvalue weighted by Gasteiger charge is -2.36. The van der Waals surface area contributed by atoms with E-state index in [1.54, 1.807) is 8.61 Å². The normalized spacial score (nSPS) is 43.9. The molecule has 0 bridgehead atoms. The molecule has 6 heteroatoms. The summed E-state index contributed by atoms with van der Waals surface area (Å²) in [7, 11) is -3.34. The van der Waals surface area contributed by atoms with E-state index in [1.165, 1.54) is 0 Å².